The number of benzene rings is 4. The van der Waals surface area contributed by atoms with E-state index in [0.29, 0.717) is 44.9 Å². The molecule has 14 heteroatoms. The van der Waals surface area contributed by atoms with E-state index in [1.54, 1.807) is 78.9 Å². The van der Waals surface area contributed by atoms with Crippen molar-refractivity contribution < 1.29 is 35.9 Å². The van der Waals surface area contributed by atoms with E-state index in [2.05, 4.69) is 26.1 Å². The van der Waals surface area contributed by atoms with Gasteiger partial charge < -0.3 is 5.32 Å². The van der Waals surface area contributed by atoms with E-state index in [9.17, 15) is 35.9 Å². The lowest BCUT2D eigenvalue weighted by Gasteiger charge is -2.32. The van der Waals surface area contributed by atoms with Crippen molar-refractivity contribution in [3.05, 3.63) is 140 Å². The third kappa shape index (κ3) is 22.6. The number of nitrogens with zero attached hydrogens (tertiary/aromatic N) is 2. The van der Waals surface area contributed by atoms with Crippen LogP contribution in [0.5, 0.6) is 0 Å². The van der Waals surface area contributed by atoms with Gasteiger partial charge >= 0.3 is 12.4 Å². The predicted molar refractivity (Wildman–Crippen MR) is 251 cm³/mol. The molecule has 6 rings (SSSR count). The van der Waals surface area contributed by atoms with Crippen molar-refractivity contribution >= 4 is 50.7 Å². The summed E-state index contributed by atoms with van der Waals surface area (Å²) >= 11 is 14.6. The molecule has 0 saturated carbocycles. The number of likely N-dealkylation sites (tertiary alicyclic amines) is 1. The van der Waals surface area contributed by atoms with Crippen LogP contribution in [0.1, 0.15) is 111 Å². The number of aryl methyl sites for hydroxylation is 2. The van der Waals surface area contributed by atoms with E-state index in [-0.39, 0.29) is 33.8 Å². The lowest BCUT2D eigenvalue weighted by atomic mass is 9.91. The third-order valence-electron chi connectivity index (χ3n) is 10.1. The summed E-state index contributed by atoms with van der Waals surface area (Å²) in [5.74, 6) is 1.27. The molecule has 5 nitrogen and oxygen atoms in total. The molecule has 348 valence electrons. The molecule has 4 aromatic rings. The van der Waals surface area contributed by atoms with Crippen LogP contribution < -0.4 is 5.32 Å². The van der Waals surface area contributed by atoms with Crippen molar-refractivity contribution in [2.75, 3.05) is 38.1 Å². The fourth-order valence-electron chi connectivity index (χ4n) is 6.81. The Labute approximate surface area is 389 Å². The Morgan fingerprint density at radius 1 is 0.698 bits per heavy atom. The first-order valence-electron chi connectivity index (χ1n) is 19.7. The number of rotatable bonds is 11. The molecule has 0 bridgehead atoms. The lowest BCUT2D eigenvalue weighted by molar-refractivity contribution is -0.138. The first kappa shape index (κ1) is 59.3. The molecule has 2 unspecified atom stereocenters. The quantitative estimate of drug-likeness (QED) is 0.0921. The Bertz CT molecular complexity index is 1910. The highest BCUT2D eigenvalue weighted by molar-refractivity contribution is 9.09. The molecule has 1 N–H and O–H groups in total. The van der Waals surface area contributed by atoms with E-state index < -0.39 is 23.5 Å². The smallest absolute Gasteiger partial charge is 0.316 e. The van der Waals surface area contributed by atoms with Crippen LogP contribution in [-0.4, -0.2) is 54.5 Å². The van der Waals surface area contributed by atoms with Crippen molar-refractivity contribution in [3.63, 3.8) is 0 Å². The van der Waals surface area contributed by atoms with E-state index in [1.165, 1.54) is 31.9 Å². The first-order valence-corrected chi connectivity index (χ1v) is 21.6. The highest BCUT2D eigenvalue weighted by atomic mass is 79.9. The molecule has 2 aliphatic heterocycles. The maximum atomic E-state index is 12.6. The van der Waals surface area contributed by atoms with Crippen LogP contribution in [-0.2, 0) is 25.2 Å². The predicted octanol–water partition coefficient (Wildman–Crippen LogP) is 14.9. The Morgan fingerprint density at radius 2 is 1.11 bits per heavy atom. The van der Waals surface area contributed by atoms with Gasteiger partial charge in [-0.05, 0) is 167 Å². The molecular formula is C49H62BrCl2F6N3O2. The SMILES string of the molecule is C.C.C.CC#N.FC(F)(F)c1ccc(CCC2CCCNC2)cc1.O=C(CBr)c1ccc(Cl)cc1.O=C(CN1CCCC(CCc2ccc(C(F)(F)F)cc2)C1)c1ccc(Cl)cc1. The monoisotopic (exact) mass is 987 g/mol. The number of Topliss-reactive ketones (excluding diaryl/α,β-unsaturated/α-hetero) is 2. The van der Waals surface area contributed by atoms with Crippen LogP contribution in [0.15, 0.2) is 97.1 Å². The molecule has 2 atom stereocenters. The zero-order valence-corrected chi connectivity index (χ0v) is 36.5. The van der Waals surface area contributed by atoms with Crippen LogP contribution in [0.25, 0.3) is 0 Å². The summed E-state index contributed by atoms with van der Waals surface area (Å²) < 4.78 is 75.1. The van der Waals surface area contributed by atoms with Crippen molar-refractivity contribution in [1.29, 1.82) is 5.26 Å². The largest absolute Gasteiger partial charge is 0.416 e. The standard InChI is InChI=1S/C22H23ClF3NO.C14H18F3N.C8H6BrClO.C2H3N.3CH4/c23-20-11-7-18(8-12-20)21(28)15-27-13-1-2-17(14-27)4-3-16-5-9-19(10-6-16)22(24,25)26;15-14(16,17)13-7-5-11(6-8-13)3-4-12-2-1-9-18-10-12;9-5-8(11)6-1-3-7(10)4-2-6;1-2-3;;;/h5-12,17H,1-4,13-15H2;5-8,12,18H,1-4,9-10H2;1-4H,5H2;1H3;3*1H4. The van der Waals surface area contributed by atoms with Gasteiger partial charge in [-0.3, -0.25) is 14.5 Å². The van der Waals surface area contributed by atoms with E-state index >= 15 is 0 Å². The van der Waals surface area contributed by atoms with Gasteiger partial charge in [-0.25, -0.2) is 0 Å². The van der Waals surface area contributed by atoms with Crippen molar-refractivity contribution in [3.8, 4) is 6.07 Å². The van der Waals surface area contributed by atoms with Gasteiger partial charge in [0.25, 0.3) is 0 Å². The van der Waals surface area contributed by atoms with Crippen LogP contribution in [0, 0.1) is 23.2 Å². The van der Waals surface area contributed by atoms with Gasteiger partial charge in [0, 0.05) is 34.6 Å². The number of piperidine rings is 2. The average Bonchev–Trinajstić information content (AvgIpc) is 3.23. The Morgan fingerprint density at radius 3 is 1.51 bits per heavy atom. The van der Waals surface area contributed by atoms with Gasteiger partial charge in [0.2, 0.25) is 0 Å². The fraction of sp³-hybridized carbons (Fsp3) is 0.449. The van der Waals surface area contributed by atoms with E-state index in [0.717, 1.165) is 88.0 Å². The van der Waals surface area contributed by atoms with Crippen molar-refractivity contribution in [2.45, 2.75) is 92.9 Å². The number of carbonyl (C=O) groups excluding carboxylic acids is 2. The number of ketones is 2. The van der Waals surface area contributed by atoms with Gasteiger partial charge in [0.15, 0.2) is 11.6 Å². The minimum atomic E-state index is -4.29. The van der Waals surface area contributed by atoms with Crippen LogP contribution in [0.3, 0.4) is 0 Å². The maximum Gasteiger partial charge on any atom is 0.416 e. The Balaban J connectivity index is 0.000000945. The maximum absolute atomic E-state index is 12.6. The van der Waals surface area contributed by atoms with Crippen molar-refractivity contribution in [1.82, 2.24) is 10.2 Å². The average molecular weight is 990 g/mol. The molecule has 0 spiro atoms. The normalized spacial score (nSPS) is 15.9. The van der Waals surface area contributed by atoms with Gasteiger partial charge in [-0.1, -0.05) is 85.7 Å². The summed E-state index contributed by atoms with van der Waals surface area (Å²) in [4.78, 5) is 25.7. The summed E-state index contributed by atoms with van der Waals surface area (Å²) in [5, 5.41) is 12.3. The zero-order valence-electron chi connectivity index (χ0n) is 33.4. The second-order valence-corrected chi connectivity index (χ2v) is 16.1. The summed E-state index contributed by atoms with van der Waals surface area (Å²) in [5.41, 5.74) is 2.09. The fourth-order valence-corrected chi connectivity index (χ4v) is 7.38. The number of nitriles is 1. The number of halogens is 9. The summed E-state index contributed by atoms with van der Waals surface area (Å²) in [6.45, 7) is 5.70. The summed E-state index contributed by atoms with van der Waals surface area (Å²) in [7, 11) is 0. The second kappa shape index (κ2) is 30.4. The number of nitrogens with one attached hydrogen (secondary N) is 1. The van der Waals surface area contributed by atoms with Gasteiger partial charge in [-0.2, -0.15) is 31.6 Å². The highest BCUT2D eigenvalue weighted by Gasteiger charge is 2.31. The molecule has 2 fully saturated rings. The number of carbonyl (C=O) groups is 2. The Kier molecular flexibility index (Phi) is 28.6. The van der Waals surface area contributed by atoms with Crippen LogP contribution in [0.2, 0.25) is 10.0 Å². The first-order chi connectivity index (χ1) is 28.5. The molecule has 0 amide bonds. The number of hydrogen-bond acceptors (Lipinski definition) is 5. The molecule has 4 aromatic carbocycles. The molecule has 0 aromatic heterocycles. The molecule has 2 saturated heterocycles. The molecule has 0 radical (unpaired) electrons. The molecule has 2 aliphatic rings. The molecular weight excluding hydrogens is 927 g/mol. The minimum Gasteiger partial charge on any atom is -0.316 e. The van der Waals surface area contributed by atoms with Gasteiger partial charge in [0.05, 0.1) is 29.1 Å². The van der Waals surface area contributed by atoms with Gasteiger partial charge in [0.1, 0.15) is 0 Å². The number of alkyl halides is 7. The molecule has 0 aliphatic carbocycles. The Hall–Kier alpha value is -3.73. The topological polar surface area (TPSA) is 73.2 Å². The summed E-state index contributed by atoms with van der Waals surface area (Å²) in [6, 6.07) is 26.5. The molecule has 2 heterocycles. The number of hydrogen-bond donors (Lipinski definition) is 1. The zero-order chi connectivity index (χ0) is 44.1. The summed E-state index contributed by atoms with van der Waals surface area (Å²) in [6.07, 6.45) is -0.379. The van der Waals surface area contributed by atoms with Crippen molar-refractivity contribution in [2.24, 2.45) is 11.8 Å². The van der Waals surface area contributed by atoms with Crippen LogP contribution >= 0.6 is 39.1 Å². The van der Waals surface area contributed by atoms with Gasteiger partial charge in [-0.15, -0.1) is 0 Å². The second-order valence-electron chi connectivity index (χ2n) is 14.6. The molecule has 63 heavy (non-hydrogen) atoms. The lowest BCUT2D eigenvalue weighted by Crippen LogP contribution is -2.39. The van der Waals surface area contributed by atoms with Crippen LogP contribution in [0.4, 0.5) is 26.3 Å². The highest BCUT2D eigenvalue weighted by Crippen LogP contribution is 2.31. The van der Waals surface area contributed by atoms with E-state index in [1.807, 2.05) is 0 Å². The third-order valence-corrected chi connectivity index (χ3v) is 11.1. The van der Waals surface area contributed by atoms with E-state index in [4.69, 9.17) is 28.5 Å². The minimum absolute atomic E-state index is 0.